The number of benzene rings is 4. The van der Waals surface area contributed by atoms with E-state index in [1.54, 1.807) is 0 Å². The summed E-state index contributed by atoms with van der Waals surface area (Å²) in [5.41, 5.74) is 7.25. The van der Waals surface area contributed by atoms with E-state index in [1.807, 2.05) is 0 Å². The molecule has 7 heteroatoms. The smallest absolute Gasteiger partial charge is 0.0743 e. The SMILES string of the molecule is CC1CCC2C(C1)OC1CCC3OC4CC(n5c6ccccc6c6ccccc65)CC5OC6CC(n7c8ccccc8c8ccccc87)CC7C6P(C54)C3C1N27. The van der Waals surface area contributed by atoms with Crippen LogP contribution in [-0.2, 0) is 14.2 Å². The van der Waals surface area contributed by atoms with Crippen LogP contribution < -0.4 is 0 Å². The molecule has 4 aromatic carbocycles. The van der Waals surface area contributed by atoms with E-state index in [2.05, 4.69) is 118 Å². The summed E-state index contributed by atoms with van der Waals surface area (Å²) in [4.78, 5) is 3.18. The number of fused-ring (bicyclic) bond motifs is 9. The van der Waals surface area contributed by atoms with Gasteiger partial charge in [0.25, 0.3) is 0 Å². The second-order valence-corrected chi connectivity index (χ2v) is 21.9. The summed E-state index contributed by atoms with van der Waals surface area (Å²) < 4.78 is 28.3. The first kappa shape index (κ1) is 32.7. The first-order valence-corrected chi connectivity index (χ1v) is 23.7. The van der Waals surface area contributed by atoms with Crippen molar-refractivity contribution in [2.75, 3.05) is 0 Å². The van der Waals surface area contributed by atoms with Gasteiger partial charge in [0, 0.05) is 90.8 Å². The molecule has 56 heavy (non-hydrogen) atoms. The van der Waals surface area contributed by atoms with Gasteiger partial charge in [-0.05, 0) is 88.0 Å². The maximum absolute atomic E-state index is 7.85. The third kappa shape index (κ3) is 4.31. The third-order valence-corrected chi connectivity index (χ3v) is 20.6. The Kier molecular flexibility index (Phi) is 6.95. The Morgan fingerprint density at radius 2 is 0.929 bits per heavy atom. The van der Waals surface area contributed by atoms with E-state index in [0.29, 0.717) is 65.5 Å². The summed E-state index contributed by atoms with van der Waals surface area (Å²) in [6.45, 7) is 2.47. The van der Waals surface area contributed by atoms with E-state index in [0.717, 1.165) is 38.0 Å². The Bertz CT molecular complexity index is 2440. The van der Waals surface area contributed by atoms with Gasteiger partial charge < -0.3 is 23.3 Å². The van der Waals surface area contributed by atoms with Crippen LogP contribution >= 0.6 is 7.92 Å². The fraction of sp³-hybridized carbons (Fsp3) is 0.510. The molecule has 2 aromatic heterocycles. The first-order valence-electron chi connectivity index (χ1n) is 22.1. The van der Waals surface area contributed by atoms with Gasteiger partial charge in [-0.25, -0.2) is 0 Å². The lowest BCUT2D eigenvalue weighted by atomic mass is 9.74. The molecule has 4 saturated heterocycles. The van der Waals surface area contributed by atoms with Gasteiger partial charge >= 0.3 is 0 Å². The molecule has 16 atom stereocenters. The molecular weight excluding hydrogens is 710 g/mol. The summed E-state index contributed by atoms with van der Waals surface area (Å²) in [6.07, 6.45) is 12.4. The standard InChI is InChI=1S/C49H52N3O3P/c1-27-18-19-38-42(22-27)53-40-20-21-41-49-46(40)52(38)39-23-28(50-34-14-6-2-10-30(34)31-11-3-7-15-35(31)50)24-43-47(39)56(49)48-44(54-41)25-29(26-45(48)55-43)51-36-16-8-4-12-32(36)33-13-5-9-17-37(33)51/h2-17,27-29,38-49H,18-26H2,1H3. The van der Waals surface area contributed by atoms with Crippen LogP contribution in [0.15, 0.2) is 97.1 Å². The monoisotopic (exact) mass is 761 g/mol. The molecule has 0 spiro atoms. The molecule has 4 aliphatic carbocycles. The van der Waals surface area contributed by atoms with Crippen molar-refractivity contribution in [3.63, 3.8) is 0 Å². The molecule has 0 bridgehead atoms. The highest BCUT2D eigenvalue weighted by atomic mass is 31.1. The molecule has 8 aliphatic rings. The summed E-state index contributed by atoms with van der Waals surface area (Å²) in [5, 5.41) is 5.51. The Labute approximate surface area is 330 Å². The summed E-state index contributed by atoms with van der Waals surface area (Å²) in [6, 6.07) is 38.9. The van der Waals surface area contributed by atoms with Crippen molar-refractivity contribution >= 4 is 51.5 Å². The van der Waals surface area contributed by atoms with Crippen molar-refractivity contribution in [1.82, 2.24) is 14.0 Å². The number of ether oxygens (including phenoxy) is 3. The zero-order valence-electron chi connectivity index (χ0n) is 32.3. The predicted octanol–water partition coefficient (Wildman–Crippen LogP) is 10.2. The minimum atomic E-state index is -0.324. The topological polar surface area (TPSA) is 40.8 Å². The van der Waals surface area contributed by atoms with Crippen molar-refractivity contribution in [2.45, 2.75) is 149 Å². The fourth-order valence-corrected chi connectivity index (χ4v) is 19.7. The van der Waals surface area contributed by atoms with E-state index >= 15 is 0 Å². The van der Waals surface area contributed by atoms with Gasteiger partial charge in [0.1, 0.15) is 0 Å². The molecule has 6 heterocycles. The van der Waals surface area contributed by atoms with Crippen LogP contribution in [0.5, 0.6) is 0 Å². The first-order chi connectivity index (χ1) is 27.7. The second kappa shape index (κ2) is 11.9. The highest BCUT2D eigenvalue weighted by molar-refractivity contribution is 7.60. The van der Waals surface area contributed by atoms with Crippen molar-refractivity contribution in [3.05, 3.63) is 97.1 Å². The number of nitrogens with zero attached hydrogens (tertiary/aromatic N) is 3. The average molecular weight is 762 g/mol. The van der Waals surface area contributed by atoms with Gasteiger partial charge in [0.2, 0.25) is 0 Å². The molecule has 6 aromatic rings. The highest BCUT2D eigenvalue weighted by Gasteiger charge is 2.70. The number of hydrogen-bond donors (Lipinski definition) is 0. The van der Waals surface area contributed by atoms with Crippen LogP contribution in [0.3, 0.4) is 0 Å². The fourth-order valence-electron chi connectivity index (χ4n) is 14.8. The Balaban J connectivity index is 0.928. The molecular formula is C49H52N3O3P. The predicted molar refractivity (Wildman–Crippen MR) is 225 cm³/mol. The van der Waals surface area contributed by atoms with Crippen LogP contribution in [0.25, 0.3) is 43.6 Å². The Morgan fingerprint density at radius 3 is 1.52 bits per heavy atom. The Morgan fingerprint density at radius 1 is 0.446 bits per heavy atom. The summed E-state index contributed by atoms with van der Waals surface area (Å²) >= 11 is 0. The van der Waals surface area contributed by atoms with Crippen LogP contribution in [0.4, 0.5) is 0 Å². The number of para-hydroxylation sites is 4. The van der Waals surface area contributed by atoms with E-state index < -0.39 is 0 Å². The number of rotatable bonds is 2. The van der Waals surface area contributed by atoms with Crippen molar-refractivity contribution in [2.24, 2.45) is 5.92 Å². The zero-order valence-corrected chi connectivity index (χ0v) is 33.2. The minimum Gasteiger partial charge on any atom is -0.373 e. The molecule has 6 nitrogen and oxygen atoms in total. The second-order valence-electron chi connectivity index (χ2n) is 19.2. The highest BCUT2D eigenvalue weighted by Crippen LogP contribution is 2.73. The van der Waals surface area contributed by atoms with Crippen LogP contribution in [0.2, 0.25) is 0 Å². The van der Waals surface area contributed by atoms with Gasteiger partial charge in [0.15, 0.2) is 0 Å². The van der Waals surface area contributed by atoms with Crippen molar-refractivity contribution in [1.29, 1.82) is 0 Å². The molecule has 0 N–H and O–H groups in total. The Hall–Kier alpha value is -3.25. The van der Waals surface area contributed by atoms with Gasteiger partial charge in [-0.3, -0.25) is 4.90 Å². The molecule has 8 fully saturated rings. The van der Waals surface area contributed by atoms with E-state index in [9.17, 15) is 0 Å². The molecule has 0 radical (unpaired) electrons. The van der Waals surface area contributed by atoms with E-state index in [4.69, 9.17) is 14.2 Å². The molecule has 14 rings (SSSR count). The van der Waals surface area contributed by atoms with Crippen molar-refractivity contribution in [3.8, 4) is 0 Å². The van der Waals surface area contributed by atoms with Gasteiger partial charge in [-0.1, -0.05) is 87.6 Å². The molecule has 286 valence electrons. The van der Waals surface area contributed by atoms with Crippen molar-refractivity contribution < 1.29 is 14.2 Å². The molecule has 4 saturated carbocycles. The minimum absolute atomic E-state index is 0.226. The lowest BCUT2D eigenvalue weighted by Crippen LogP contribution is -2.79. The maximum atomic E-state index is 7.85. The molecule has 4 aliphatic heterocycles. The van der Waals surface area contributed by atoms with Crippen LogP contribution in [0, 0.1) is 5.92 Å². The maximum Gasteiger partial charge on any atom is 0.0743 e. The lowest BCUT2D eigenvalue weighted by Gasteiger charge is -2.73. The van der Waals surface area contributed by atoms with E-state index in [-0.39, 0.29) is 26.2 Å². The van der Waals surface area contributed by atoms with Crippen LogP contribution in [0.1, 0.15) is 76.8 Å². The largest absolute Gasteiger partial charge is 0.373 e. The van der Waals surface area contributed by atoms with Gasteiger partial charge in [-0.15, -0.1) is 0 Å². The zero-order chi connectivity index (χ0) is 36.4. The van der Waals surface area contributed by atoms with Gasteiger partial charge in [0.05, 0.1) is 36.6 Å². The lowest BCUT2D eigenvalue weighted by molar-refractivity contribution is -0.231. The summed E-state index contributed by atoms with van der Waals surface area (Å²) in [7, 11) is -0.324. The van der Waals surface area contributed by atoms with Gasteiger partial charge in [-0.2, -0.15) is 0 Å². The number of hydrogen-bond acceptors (Lipinski definition) is 4. The molecule has 0 amide bonds. The van der Waals surface area contributed by atoms with Crippen LogP contribution in [-0.4, -0.2) is 85.8 Å². The third-order valence-electron chi connectivity index (χ3n) is 16.6. The average Bonchev–Trinajstić information content (AvgIpc) is 3.75. The molecule has 16 unspecified atom stereocenters. The normalized spacial score (nSPS) is 42.5. The number of aromatic nitrogens is 2. The van der Waals surface area contributed by atoms with E-state index in [1.165, 1.54) is 69.3 Å². The quantitative estimate of drug-likeness (QED) is 0.165. The summed E-state index contributed by atoms with van der Waals surface area (Å²) in [5.74, 6) is 0.748. The number of morpholine rings is 1.